The van der Waals surface area contributed by atoms with Crippen LogP contribution in [0.4, 0.5) is 4.39 Å². The third kappa shape index (κ3) is 4.00. The maximum atomic E-state index is 13.2. The molecule has 1 amide bonds. The highest BCUT2D eigenvalue weighted by atomic mass is 19.1. The van der Waals surface area contributed by atoms with Gasteiger partial charge in [0.1, 0.15) is 11.6 Å². The van der Waals surface area contributed by atoms with Crippen molar-refractivity contribution in [2.24, 2.45) is 0 Å². The lowest BCUT2D eigenvalue weighted by molar-refractivity contribution is -0.130. The lowest BCUT2D eigenvalue weighted by Crippen LogP contribution is -2.28. The number of methoxy groups -OCH3 is 1. The quantitative estimate of drug-likeness (QED) is 0.834. The van der Waals surface area contributed by atoms with Gasteiger partial charge in [-0.05, 0) is 25.2 Å². The number of carbonyl (C=O) groups is 1. The van der Waals surface area contributed by atoms with Gasteiger partial charge in [-0.3, -0.25) is 4.79 Å². The number of hydrogen-bond acceptors (Lipinski definition) is 3. The minimum atomic E-state index is -0.332. The van der Waals surface area contributed by atoms with Gasteiger partial charge < -0.3 is 15.0 Å². The molecule has 0 aliphatic heterocycles. The summed E-state index contributed by atoms with van der Waals surface area (Å²) in [6.45, 7) is 0.965. The van der Waals surface area contributed by atoms with Crippen molar-refractivity contribution in [2.75, 3.05) is 27.7 Å². The van der Waals surface area contributed by atoms with E-state index >= 15 is 0 Å². The van der Waals surface area contributed by atoms with Crippen LogP contribution in [0.2, 0.25) is 0 Å². The van der Waals surface area contributed by atoms with E-state index in [1.54, 1.807) is 25.1 Å². The summed E-state index contributed by atoms with van der Waals surface area (Å²) in [4.78, 5) is 13.3. The molecule has 0 heterocycles. The molecule has 1 aromatic rings. The fraction of sp³-hybridized carbons (Fsp3) is 0.462. The van der Waals surface area contributed by atoms with Gasteiger partial charge >= 0.3 is 0 Å². The first-order valence-electron chi connectivity index (χ1n) is 5.79. The molecule has 0 spiro atoms. The lowest BCUT2D eigenvalue weighted by Gasteiger charge is -2.19. The number of nitrogens with one attached hydrogen (secondary N) is 1. The number of nitrogens with zero attached hydrogens (tertiary/aromatic N) is 1. The molecule has 18 heavy (non-hydrogen) atoms. The summed E-state index contributed by atoms with van der Waals surface area (Å²) in [5.41, 5.74) is 0.665. The van der Waals surface area contributed by atoms with Crippen molar-refractivity contribution >= 4 is 5.91 Å². The first-order valence-corrected chi connectivity index (χ1v) is 5.79. The third-order valence-electron chi connectivity index (χ3n) is 2.66. The van der Waals surface area contributed by atoms with E-state index in [0.29, 0.717) is 30.8 Å². The smallest absolute Gasteiger partial charge is 0.223 e. The van der Waals surface area contributed by atoms with Gasteiger partial charge in [-0.2, -0.15) is 0 Å². The molecular formula is C13H19FN2O2. The van der Waals surface area contributed by atoms with E-state index in [9.17, 15) is 9.18 Å². The monoisotopic (exact) mass is 254 g/mol. The van der Waals surface area contributed by atoms with Gasteiger partial charge in [0.2, 0.25) is 5.91 Å². The summed E-state index contributed by atoms with van der Waals surface area (Å²) >= 11 is 0. The molecule has 0 aliphatic carbocycles. The second-order valence-electron chi connectivity index (χ2n) is 4.06. The maximum absolute atomic E-state index is 13.2. The molecule has 0 radical (unpaired) electrons. The van der Waals surface area contributed by atoms with E-state index < -0.39 is 0 Å². The SMILES string of the molecule is CNCCC(=O)N(C)Cc1cc(F)ccc1OC. The summed E-state index contributed by atoms with van der Waals surface area (Å²) in [6.07, 6.45) is 0.421. The van der Waals surface area contributed by atoms with E-state index in [4.69, 9.17) is 4.74 Å². The summed E-state index contributed by atoms with van der Waals surface area (Å²) < 4.78 is 18.3. The Balaban J connectivity index is 2.71. The van der Waals surface area contributed by atoms with Crippen molar-refractivity contribution < 1.29 is 13.9 Å². The van der Waals surface area contributed by atoms with Crippen molar-refractivity contribution in [3.05, 3.63) is 29.6 Å². The second-order valence-corrected chi connectivity index (χ2v) is 4.06. The van der Waals surface area contributed by atoms with Gasteiger partial charge in [0.15, 0.2) is 0 Å². The normalized spacial score (nSPS) is 10.2. The van der Waals surface area contributed by atoms with Gasteiger partial charge in [-0.25, -0.2) is 4.39 Å². The summed E-state index contributed by atoms with van der Waals surface area (Å²) in [5.74, 6) is 0.266. The highest BCUT2D eigenvalue weighted by Gasteiger charge is 2.12. The Morgan fingerprint density at radius 3 is 2.83 bits per heavy atom. The topological polar surface area (TPSA) is 41.6 Å². The molecule has 0 aromatic heterocycles. The zero-order valence-corrected chi connectivity index (χ0v) is 11.0. The average molecular weight is 254 g/mol. The Morgan fingerprint density at radius 2 is 2.22 bits per heavy atom. The number of benzene rings is 1. The summed E-state index contributed by atoms with van der Waals surface area (Å²) in [7, 11) is 5.02. The predicted octanol–water partition coefficient (Wildman–Crippen LogP) is 1.40. The largest absolute Gasteiger partial charge is 0.496 e. The van der Waals surface area contributed by atoms with Gasteiger partial charge in [0, 0.05) is 32.1 Å². The number of rotatable bonds is 6. The van der Waals surface area contributed by atoms with Crippen LogP contribution < -0.4 is 10.1 Å². The van der Waals surface area contributed by atoms with E-state index in [1.165, 1.54) is 19.2 Å². The van der Waals surface area contributed by atoms with Crippen molar-refractivity contribution in [3.8, 4) is 5.75 Å². The molecular weight excluding hydrogens is 235 g/mol. The Hall–Kier alpha value is -1.62. The molecule has 0 bridgehead atoms. The number of amides is 1. The molecule has 4 nitrogen and oxygen atoms in total. The fourth-order valence-electron chi connectivity index (χ4n) is 1.64. The Morgan fingerprint density at radius 1 is 1.50 bits per heavy atom. The molecule has 0 unspecified atom stereocenters. The fourth-order valence-corrected chi connectivity index (χ4v) is 1.64. The van der Waals surface area contributed by atoms with Crippen LogP contribution in [0.1, 0.15) is 12.0 Å². The van der Waals surface area contributed by atoms with Gasteiger partial charge in [-0.1, -0.05) is 0 Å². The van der Waals surface area contributed by atoms with E-state index in [0.717, 1.165) is 0 Å². The molecule has 100 valence electrons. The average Bonchev–Trinajstić information content (AvgIpc) is 2.36. The van der Waals surface area contributed by atoms with E-state index in [2.05, 4.69) is 5.32 Å². The van der Waals surface area contributed by atoms with Crippen LogP contribution in [-0.4, -0.2) is 38.6 Å². The second kappa shape index (κ2) is 6.96. The van der Waals surface area contributed by atoms with Crippen molar-refractivity contribution in [3.63, 3.8) is 0 Å². The van der Waals surface area contributed by atoms with Crippen LogP contribution in [0.15, 0.2) is 18.2 Å². The van der Waals surface area contributed by atoms with Gasteiger partial charge in [0.25, 0.3) is 0 Å². The number of ether oxygens (including phenoxy) is 1. The predicted molar refractivity (Wildman–Crippen MR) is 68.0 cm³/mol. The number of halogens is 1. The number of carbonyl (C=O) groups excluding carboxylic acids is 1. The van der Waals surface area contributed by atoms with Crippen LogP contribution in [0, 0.1) is 5.82 Å². The summed E-state index contributed by atoms with van der Waals surface area (Å²) in [6, 6.07) is 4.29. The number of hydrogen-bond donors (Lipinski definition) is 1. The molecule has 1 N–H and O–H groups in total. The highest BCUT2D eigenvalue weighted by Crippen LogP contribution is 2.20. The van der Waals surface area contributed by atoms with Crippen LogP contribution in [0.3, 0.4) is 0 Å². The first-order chi connectivity index (χ1) is 8.58. The van der Waals surface area contributed by atoms with Crippen LogP contribution in [0.25, 0.3) is 0 Å². The lowest BCUT2D eigenvalue weighted by atomic mass is 10.2. The zero-order valence-electron chi connectivity index (χ0n) is 11.0. The Kier molecular flexibility index (Phi) is 5.58. The van der Waals surface area contributed by atoms with Crippen molar-refractivity contribution in [1.82, 2.24) is 10.2 Å². The van der Waals surface area contributed by atoms with E-state index in [1.807, 2.05) is 0 Å². The van der Waals surface area contributed by atoms with Crippen molar-refractivity contribution in [1.29, 1.82) is 0 Å². The van der Waals surface area contributed by atoms with Crippen LogP contribution in [0.5, 0.6) is 5.75 Å². The Labute approximate surface area is 107 Å². The summed E-state index contributed by atoms with van der Waals surface area (Å²) in [5, 5.41) is 2.92. The molecule has 0 fully saturated rings. The molecule has 0 atom stereocenters. The molecule has 1 rings (SSSR count). The van der Waals surface area contributed by atoms with Crippen LogP contribution >= 0.6 is 0 Å². The molecule has 0 saturated carbocycles. The van der Waals surface area contributed by atoms with Gasteiger partial charge in [0.05, 0.1) is 7.11 Å². The van der Waals surface area contributed by atoms with Gasteiger partial charge in [-0.15, -0.1) is 0 Å². The van der Waals surface area contributed by atoms with E-state index in [-0.39, 0.29) is 11.7 Å². The first kappa shape index (κ1) is 14.4. The molecule has 1 aromatic carbocycles. The minimum absolute atomic E-state index is 0.00987. The standard InChI is InChI=1S/C13H19FN2O2/c1-15-7-6-13(17)16(2)9-10-8-11(14)4-5-12(10)18-3/h4-5,8,15H,6-7,9H2,1-3H3. The highest BCUT2D eigenvalue weighted by molar-refractivity contribution is 5.76. The Bertz CT molecular complexity index is 410. The molecule has 0 saturated heterocycles. The molecule has 0 aliphatic rings. The van der Waals surface area contributed by atoms with Crippen LogP contribution in [-0.2, 0) is 11.3 Å². The third-order valence-corrected chi connectivity index (χ3v) is 2.66. The zero-order chi connectivity index (χ0) is 13.5. The van der Waals surface area contributed by atoms with Crippen molar-refractivity contribution in [2.45, 2.75) is 13.0 Å². The minimum Gasteiger partial charge on any atom is -0.496 e. The molecule has 5 heteroatoms. The maximum Gasteiger partial charge on any atom is 0.223 e.